The predicted octanol–water partition coefficient (Wildman–Crippen LogP) is 4.94. The van der Waals surface area contributed by atoms with Crippen LogP contribution in [0.4, 0.5) is 5.69 Å². The number of anilines is 1. The van der Waals surface area contributed by atoms with Crippen LogP contribution in [0.2, 0.25) is 5.02 Å². The number of carbonyl (C=O) groups excluding carboxylic acids is 2. The van der Waals surface area contributed by atoms with Crippen molar-refractivity contribution in [2.45, 2.75) is 33.8 Å². The van der Waals surface area contributed by atoms with E-state index in [0.29, 0.717) is 28.8 Å². The molecule has 0 unspecified atom stereocenters. The highest BCUT2D eigenvalue weighted by Gasteiger charge is 2.19. The number of hydrogen-bond donors (Lipinski definition) is 0. The highest BCUT2D eigenvalue weighted by molar-refractivity contribution is 6.31. The molecule has 0 bridgehead atoms. The molecular formula is C25H24ClN3O5. The molecule has 0 aliphatic carbocycles. The molecule has 2 aromatic carbocycles. The van der Waals surface area contributed by atoms with Crippen molar-refractivity contribution >= 4 is 29.2 Å². The number of ether oxygens (including phenoxy) is 2. The Labute approximate surface area is 202 Å². The van der Waals surface area contributed by atoms with Crippen molar-refractivity contribution in [1.82, 2.24) is 5.16 Å². The standard InChI is InChI=1S/C25H24ClN3O5/c1-16-13-20(7-10-23(16)26)29(12-4-11-27)24(30)15-33-25(31)19-5-8-21(9-6-19)32-14-22-17(2)28-34-18(22)3/h5-10,13H,4,12,14-15H2,1-3H3. The van der Waals surface area contributed by atoms with Gasteiger partial charge in [0.15, 0.2) is 6.61 Å². The van der Waals surface area contributed by atoms with Crippen molar-refractivity contribution in [3.63, 3.8) is 0 Å². The highest BCUT2D eigenvalue weighted by Crippen LogP contribution is 2.23. The summed E-state index contributed by atoms with van der Waals surface area (Å²) < 4.78 is 16.1. The lowest BCUT2D eigenvalue weighted by Gasteiger charge is -2.22. The third-order valence-electron chi connectivity index (χ3n) is 5.18. The van der Waals surface area contributed by atoms with Crippen LogP contribution in [0.1, 0.15) is 39.4 Å². The van der Waals surface area contributed by atoms with Crippen molar-refractivity contribution in [2.24, 2.45) is 0 Å². The fourth-order valence-corrected chi connectivity index (χ4v) is 3.31. The molecule has 176 valence electrons. The number of nitriles is 1. The van der Waals surface area contributed by atoms with Gasteiger partial charge in [0, 0.05) is 17.3 Å². The van der Waals surface area contributed by atoms with E-state index in [2.05, 4.69) is 5.16 Å². The van der Waals surface area contributed by atoms with Gasteiger partial charge in [0.05, 0.1) is 29.3 Å². The number of benzene rings is 2. The molecule has 0 aliphatic rings. The highest BCUT2D eigenvalue weighted by atomic mass is 35.5. The van der Waals surface area contributed by atoms with Gasteiger partial charge in [-0.05, 0) is 68.8 Å². The van der Waals surface area contributed by atoms with E-state index in [9.17, 15) is 9.59 Å². The van der Waals surface area contributed by atoms with Gasteiger partial charge < -0.3 is 18.9 Å². The molecular weight excluding hydrogens is 458 g/mol. The van der Waals surface area contributed by atoms with E-state index in [1.54, 1.807) is 42.5 Å². The molecule has 8 nitrogen and oxygen atoms in total. The van der Waals surface area contributed by atoms with Gasteiger partial charge in [-0.2, -0.15) is 5.26 Å². The maximum Gasteiger partial charge on any atom is 0.338 e. The van der Waals surface area contributed by atoms with Crippen molar-refractivity contribution in [2.75, 3.05) is 18.1 Å². The number of carbonyl (C=O) groups is 2. The summed E-state index contributed by atoms with van der Waals surface area (Å²) in [5.74, 6) is 0.177. The zero-order valence-corrected chi connectivity index (χ0v) is 19.9. The molecule has 34 heavy (non-hydrogen) atoms. The molecule has 0 spiro atoms. The first-order valence-corrected chi connectivity index (χ1v) is 10.9. The van der Waals surface area contributed by atoms with E-state index >= 15 is 0 Å². The molecule has 0 atom stereocenters. The Morgan fingerprint density at radius 2 is 1.88 bits per heavy atom. The normalized spacial score (nSPS) is 10.4. The molecule has 0 aliphatic heterocycles. The van der Waals surface area contributed by atoms with Crippen LogP contribution in [0.3, 0.4) is 0 Å². The minimum Gasteiger partial charge on any atom is -0.489 e. The fourth-order valence-electron chi connectivity index (χ4n) is 3.20. The Morgan fingerprint density at radius 3 is 2.50 bits per heavy atom. The van der Waals surface area contributed by atoms with E-state index in [-0.39, 0.29) is 18.5 Å². The first-order chi connectivity index (χ1) is 16.3. The molecule has 0 fully saturated rings. The molecule has 3 rings (SSSR count). The fraction of sp³-hybridized carbons (Fsp3) is 0.280. The van der Waals surface area contributed by atoms with Crippen molar-refractivity contribution in [1.29, 1.82) is 5.26 Å². The third-order valence-corrected chi connectivity index (χ3v) is 5.61. The average molecular weight is 482 g/mol. The van der Waals surface area contributed by atoms with Gasteiger partial charge in [-0.3, -0.25) is 4.79 Å². The number of nitrogens with zero attached hydrogens (tertiary/aromatic N) is 3. The van der Waals surface area contributed by atoms with Crippen molar-refractivity contribution in [3.8, 4) is 11.8 Å². The van der Waals surface area contributed by atoms with Crippen LogP contribution in [0.5, 0.6) is 5.75 Å². The molecule has 9 heteroatoms. The third kappa shape index (κ3) is 6.15. The molecule has 1 amide bonds. The second-order valence-corrected chi connectivity index (χ2v) is 7.99. The summed E-state index contributed by atoms with van der Waals surface area (Å²) in [6.45, 7) is 5.48. The first-order valence-electron chi connectivity index (χ1n) is 10.6. The number of aromatic nitrogens is 1. The van der Waals surface area contributed by atoms with Crippen LogP contribution in [0, 0.1) is 32.1 Å². The van der Waals surface area contributed by atoms with E-state index < -0.39 is 18.5 Å². The van der Waals surface area contributed by atoms with Crippen LogP contribution in [0.25, 0.3) is 0 Å². The monoisotopic (exact) mass is 481 g/mol. The lowest BCUT2D eigenvalue weighted by Crippen LogP contribution is -2.35. The Balaban J connectivity index is 1.59. The summed E-state index contributed by atoms with van der Waals surface area (Å²) >= 11 is 6.07. The number of amides is 1. The Hall–Kier alpha value is -3.83. The SMILES string of the molecule is Cc1cc(N(CCC#N)C(=O)COC(=O)c2ccc(OCc3c(C)noc3C)cc2)ccc1Cl. The zero-order valence-electron chi connectivity index (χ0n) is 19.1. The van der Waals surface area contributed by atoms with Gasteiger partial charge in [0.2, 0.25) is 0 Å². The van der Waals surface area contributed by atoms with Gasteiger partial charge in [0.25, 0.3) is 5.91 Å². The van der Waals surface area contributed by atoms with Crippen LogP contribution in [-0.4, -0.2) is 30.2 Å². The Morgan fingerprint density at radius 1 is 1.15 bits per heavy atom. The van der Waals surface area contributed by atoms with Gasteiger partial charge in [-0.25, -0.2) is 4.79 Å². The summed E-state index contributed by atoms with van der Waals surface area (Å²) in [4.78, 5) is 26.6. The van der Waals surface area contributed by atoms with Gasteiger partial charge in [0.1, 0.15) is 18.1 Å². The second-order valence-electron chi connectivity index (χ2n) is 7.58. The van der Waals surface area contributed by atoms with Crippen LogP contribution < -0.4 is 9.64 Å². The minimum absolute atomic E-state index is 0.136. The van der Waals surface area contributed by atoms with E-state index in [1.165, 1.54) is 4.90 Å². The van der Waals surface area contributed by atoms with Gasteiger partial charge in [-0.15, -0.1) is 0 Å². The first kappa shape index (κ1) is 24.8. The number of aryl methyl sites for hydroxylation is 3. The maximum absolute atomic E-state index is 12.8. The largest absolute Gasteiger partial charge is 0.489 e. The predicted molar refractivity (Wildman–Crippen MR) is 126 cm³/mol. The summed E-state index contributed by atoms with van der Waals surface area (Å²) in [6, 6.07) is 13.6. The quantitative estimate of drug-likeness (QED) is 0.398. The molecule has 0 radical (unpaired) electrons. The lowest BCUT2D eigenvalue weighted by molar-refractivity contribution is -0.121. The van der Waals surface area contributed by atoms with E-state index in [4.69, 9.17) is 30.9 Å². The summed E-state index contributed by atoms with van der Waals surface area (Å²) in [5, 5.41) is 13.4. The Bertz CT molecular complexity index is 1190. The zero-order chi connectivity index (χ0) is 24.7. The lowest BCUT2D eigenvalue weighted by atomic mass is 10.2. The van der Waals surface area contributed by atoms with Crippen LogP contribution >= 0.6 is 11.6 Å². The molecule has 0 saturated carbocycles. The summed E-state index contributed by atoms with van der Waals surface area (Å²) in [5.41, 5.74) is 3.29. The van der Waals surface area contributed by atoms with Gasteiger partial charge in [-0.1, -0.05) is 16.8 Å². The molecule has 1 heterocycles. The molecule has 1 aromatic heterocycles. The minimum atomic E-state index is -0.641. The van der Waals surface area contributed by atoms with Crippen LogP contribution in [0.15, 0.2) is 47.0 Å². The summed E-state index contributed by atoms with van der Waals surface area (Å²) in [6.07, 6.45) is 0.136. The molecule has 0 saturated heterocycles. The smallest absolute Gasteiger partial charge is 0.338 e. The second kappa shape index (κ2) is 11.3. The maximum atomic E-state index is 12.8. The van der Waals surface area contributed by atoms with Crippen LogP contribution in [-0.2, 0) is 16.1 Å². The molecule has 0 N–H and O–H groups in total. The number of halogens is 1. The van der Waals surface area contributed by atoms with E-state index in [1.807, 2.05) is 26.8 Å². The topological polar surface area (TPSA) is 106 Å². The molecule has 3 aromatic rings. The number of hydrogen-bond acceptors (Lipinski definition) is 7. The van der Waals surface area contributed by atoms with E-state index in [0.717, 1.165) is 16.8 Å². The summed E-state index contributed by atoms with van der Waals surface area (Å²) in [7, 11) is 0. The number of rotatable bonds is 9. The number of esters is 1. The Kier molecular flexibility index (Phi) is 8.28. The van der Waals surface area contributed by atoms with Gasteiger partial charge >= 0.3 is 5.97 Å². The van der Waals surface area contributed by atoms with Crippen molar-refractivity contribution in [3.05, 3.63) is 75.6 Å². The average Bonchev–Trinajstić information content (AvgIpc) is 3.15. The van der Waals surface area contributed by atoms with Crippen molar-refractivity contribution < 1.29 is 23.6 Å².